The van der Waals surface area contributed by atoms with Crippen molar-refractivity contribution in [3.05, 3.63) is 28.2 Å². The monoisotopic (exact) mass is 365 g/mol. The number of esters is 1. The first-order valence-electron chi connectivity index (χ1n) is 5.46. The van der Waals surface area contributed by atoms with Crippen LogP contribution in [0.4, 0.5) is 0 Å². The third-order valence-corrected chi connectivity index (χ3v) is 4.52. The van der Waals surface area contributed by atoms with Gasteiger partial charge < -0.3 is 9.84 Å². The Labute approximate surface area is 124 Å². The lowest BCUT2D eigenvalue weighted by atomic mass is 10.2. The van der Waals surface area contributed by atoms with Crippen LogP contribution < -0.4 is 4.72 Å². The lowest BCUT2D eigenvalue weighted by molar-refractivity contribution is -0.135. The molecule has 1 aromatic carbocycles. The quantitative estimate of drug-likeness (QED) is 0.727. The molecule has 0 spiro atoms. The summed E-state index contributed by atoms with van der Waals surface area (Å²) in [4.78, 5) is 21.7. The number of carboxylic acids is 1. The summed E-state index contributed by atoms with van der Waals surface area (Å²) in [6, 6.07) is 3.78. The van der Waals surface area contributed by atoms with Gasteiger partial charge in [-0.3, -0.25) is 4.79 Å². The Morgan fingerprint density at radius 2 is 2.05 bits per heavy atom. The number of carbonyl (C=O) groups is 2. The van der Waals surface area contributed by atoms with Gasteiger partial charge in [0, 0.05) is 4.47 Å². The predicted octanol–water partition coefficient (Wildman–Crippen LogP) is 0.989. The standard InChI is InChI=1S/C11H12BrNO6S/c1-2-19-11(16)7-3-4-9(8(12)5-7)20(17,18)13-6-10(14)15/h3-5,13H,2,6H2,1H3,(H,14,15). The van der Waals surface area contributed by atoms with E-state index in [2.05, 4.69) is 15.9 Å². The largest absolute Gasteiger partial charge is 0.480 e. The Morgan fingerprint density at radius 1 is 1.40 bits per heavy atom. The first-order valence-corrected chi connectivity index (χ1v) is 7.73. The summed E-state index contributed by atoms with van der Waals surface area (Å²) in [6.07, 6.45) is 0. The van der Waals surface area contributed by atoms with Gasteiger partial charge in [0.05, 0.1) is 17.1 Å². The average molecular weight is 366 g/mol. The number of hydrogen-bond donors (Lipinski definition) is 2. The Morgan fingerprint density at radius 3 is 2.55 bits per heavy atom. The number of hydrogen-bond acceptors (Lipinski definition) is 5. The van der Waals surface area contributed by atoms with Crippen molar-refractivity contribution in [2.45, 2.75) is 11.8 Å². The number of ether oxygens (including phenoxy) is 1. The van der Waals surface area contributed by atoms with Crippen molar-refractivity contribution >= 4 is 37.9 Å². The molecule has 0 saturated carbocycles. The fourth-order valence-electron chi connectivity index (χ4n) is 1.29. The normalized spacial score (nSPS) is 11.1. The van der Waals surface area contributed by atoms with Crippen molar-refractivity contribution in [1.29, 1.82) is 0 Å². The highest BCUT2D eigenvalue weighted by atomic mass is 79.9. The van der Waals surface area contributed by atoms with Crippen LogP contribution in [0.15, 0.2) is 27.6 Å². The zero-order valence-electron chi connectivity index (χ0n) is 10.4. The third-order valence-electron chi connectivity index (χ3n) is 2.15. The SMILES string of the molecule is CCOC(=O)c1ccc(S(=O)(=O)NCC(=O)O)c(Br)c1. The number of carbonyl (C=O) groups excluding carboxylic acids is 1. The average Bonchev–Trinajstić information content (AvgIpc) is 2.36. The second kappa shape index (κ2) is 6.82. The first kappa shape index (κ1) is 16.6. The van der Waals surface area contributed by atoms with E-state index >= 15 is 0 Å². The first-order chi connectivity index (χ1) is 9.27. The second-order valence-corrected chi connectivity index (χ2v) is 6.17. The maximum absolute atomic E-state index is 11.8. The highest BCUT2D eigenvalue weighted by molar-refractivity contribution is 9.10. The van der Waals surface area contributed by atoms with E-state index in [-0.39, 0.29) is 21.5 Å². The van der Waals surface area contributed by atoms with Crippen LogP contribution in [0.3, 0.4) is 0 Å². The van der Waals surface area contributed by atoms with E-state index in [1.807, 2.05) is 4.72 Å². The number of aliphatic carboxylic acids is 1. The number of benzene rings is 1. The highest BCUT2D eigenvalue weighted by Gasteiger charge is 2.20. The number of halogens is 1. The van der Waals surface area contributed by atoms with Crippen LogP contribution in [-0.4, -0.2) is 38.6 Å². The molecule has 0 aliphatic heterocycles. The van der Waals surface area contributed by atoms with Crippen molar-refractivity contribution < 1.29 is 27.9 Å². The van der Waals surface area contributed by atoms with Gasteiger partial charge in [-0.2, -0.15) is 4.72 Å². The molecule has 2 N–H and O–H groups in total. The third kappa shape index (κ3) is 4.29. The number of sulfonamides is 1. The molecule has 0 heterocycles. The van der Waals surface area contributed by atoms with Crippen LogP contribution >= 0.6 is 15.9 Å². The Hall–Kier alpha value is -1.45. The molecule has 0 amide bonds. The molecule has 0 atom stereocenters. The van der Waals surface area contributed by atoms with Gasteiger partial charge in [-0.05, 0) is 41.1 Å². The van der Waals surface area contributed by atoms with Gasteiger partial charge in [-0.25, -0.2) is 13.2 Å². The summed E-state index contributed by atoms with van der Waals surface area (Å²) in [5.74, 6) is -1.87. The van der Waals surface area contributed by atoms with E-state index in [1.165, 1.54) is 18.2 Å². The van der Waals surface area contributed by atoms with Crippen LogP contribution in [0.1, 0.15) is 17.3 Å². The van der Waals surface area contributed by atoms with Gasteiger partial charge in [0.25, 0.3) is 0 Å². The molecule has 0 aliphatic rings. The zero-order chi connectivity index (χ0) is 15.3. The maximum atomic E-state index is 11.8. The number of nitrogens with one attached hydrogen (secondary N) is 1. The summed E-state index contributed by atoms with van der Waals surface area (Å²) in [5.41, 5.74) is 0.191. The van der Waals surface area contributed by atoms with Gasteiger partial charge in [-0.15, -0.1) is 0 Å². The maximum Gasteiger partial charge on any atom is 0.338 e. The number of rotatable bonds is 6. The molecule has 0 fully saturated rings. The zero-order valence-corrected chi connectivity index (χ0v) is 12.8. The van der Waals surface area contributed by atoms with Gasteiger partial charge in [0.1, 0.15) is 6.54 Å². The Balaban J connectivity index is 3.04. The van der Waals surface area contributed by atoms with Crippen molar-refractivity contribution in [2.75, 3.05) is 13.2 Å². The summed E-state index contributed by atoms with van der Waals surface area (Å²) in [7, 11) is -3.97. The topological polar surface area (TPSA) is 110 Å². The van der Waals surface area contributed by atoms with E-state index in [4.69, 9.17) is 9.84 Å². The van der Waals surface area contributed by atoms with E-state index in [9.17, 15) is 18.0 Å². The molecule has 0 aliphatic carbocycles. The van der Waals surface area contributed by atoms with Crippen LogP contribution in [-0.2, 0) is 19.6 Å². The lowest BCUT2D eigenvalue weighted by Crippen LogP contribution is -2.29. The summed E-state index contributed by atoms with van der Waals surface area (Å²) < 4.78 is 30.5. The van der Waals surface area contributed by atoms with Gasteiger partial charge in [0.2, 0.25) is 10.0 Å². The summed E-state index contributed by atoms with van der Waals surface area (Å²) >= 11 is 3.04. The Kier molecular flexibility index (Phi) is 5.66. The van der Waals surface area contributed by atoms with Gasteiger partial charge in [0.15, 0.2) is 0 Å². The minimum Gasteiger partial charge on any atom is -0.480 e. The second-order valence-electron chi connectivity index (χ2n) is 3.58. The smallest absolute Gasteiger partial charge is 0.338 e. The Bertz CT molecular complexity index is 628. The summed E-state index contributed by atoms with van der Waals surface area (Å²) in [6.45, 7) is 1.13. The molecule has 1 rings (SSSR count). The molecule has 9 heteroatoms. The van der Waals surface area contributed by atoms with E-state index in [1.54, 1.807) is 6.92 Å². The van der Waals surface area contributed by atoms with Crippen LogP contribution in [0, 0.1) is 0 Å². The van der Waals surface area contributed by atoms with E-state index in [0.29, 0.717) is 0 Å². The predicted molar refractivity (Wildman–Crippen MR) is 72.9 cm³/mol. The fourth-order valence-corrected chi connectivity index (χ4v) is 3.34. The molecule has 20 heavy (non-hydrogen) atoms. The molecule has 0 saturated heterocycles. The van der Waals surface area contributed by atoms with Crippen molar-refractivity contribution in [3.63, 3.8) is 0 Å². The molecule has 0 radical (unpaired) electrons. The van der Waals surface area contributed by atoms with Gasteiger partial charge in [-0.1, -0.05) is 0 Å². The molecule has 110 valence electrons. The van der Waals surface area contributed by atoms with Crippen molar-refractivity contribution in [3.8, 4) is 0 Å². The van der Waals surface area contributed by atoms with Crippen LogP contribution in [0.25, 0.3) is 0 Å². The van der Waals surface area contributed by atoms with E-state index in [0.717, 1.165) is 0 Å². The van der Waals surface area contributed by atoms with Crippen molar-refractivity contribution in [1.82, 2.24) is 4.72 Å². The summed E-state index contributed by atoms with van der Waals surface area (Å²) in [5, 5.41) is 8.47. The number of carboxylic acid groups (broad SMARTS) is 1. The lowest BCUT2D eigenvalue weighted by Gasteiger charge is -2.08. The molecule has 0 unspecified atom stereocenters. The van der Waals surface area contributed by atoms with Crippen LogP contribution in [0.5, 0.6) is 0 Å². The molecule has 0 aromatic heterocycles. The highest BCUT2D eigenvalue weighted by Crippen LogP contribution is 2.23. The molecule has 1 aromatic rings. The molecular formula is C11H12BrNO6S. The minimum absolute atomic E-state index is 0.140. The molecule has 7 nitrogen and oxygen atoms in total. The molecule has 0 bridgehead atoms. The van der Waals surface area contributed by atoms with E-state index < -0.39 is 28.5 Å². The minimum atomic E-state index is -3.97. The fraction of sp³-hybridized carbons (Fsp3) is 0.273. The van der Waals surface area contributed by atoms with Crippen molar-refractivity contribution in [2.24, 2.45) is 0 Å². The molecular weight excluding hydrogens is 354 g/mol. The van der Waals surface area contributed by atoms with Gasteiger partial charge >= 0.3 is 11.9 Å². The van der Waals surface area contributed by atoms with Crippen LogP contribution in [0.2, 0.25) is 0 Å².